The maximum absolute atomic E-state index is 12.6. The molecule has 2 aromatic heterocycles. The molecule has 1 unspecified atom stereocenters. The normalized spacial score (nSPS) is 17.5. The van der Waals surface area contributed by atoms with Gasteiger partial charge in [-0.2, -0.15) is 0 Å². The molecule has 0 saturated carbocycles. The Labute approximate surface area is 142 Å². The lowest BCUT2D eigenvalue weighted by molar-refractivity contribution is -0.122. The number of amides is 1. The van der Waals surface area contributed by atoms with Crippen LogP contribution < -0.4 is 16.6 Å². The molecular weight excluding hydrogens is 330 g/mol. The van der Waals surface area contributed by atoms with E-state index in [4.69, 9.17) is 4.74 Å². The Hall–Kier alpha value is -1.93. The van der Waals surface area contributed by atoms with E-state index in [1.165, 1.54) is 20.5 Å². The summed E-state index contributed by atoms with van der Waals surface area (Å²) in [7, 11) is 0. The van der Waals surface area contributed by atoms with Crippen molar-refractivity contribution in [1.82, 2.24) is 14.5 Å². The Kier molecular flexibility index (Phi) is 5.15. The molecule has 1 amide bonds. The van der Waals surface area contributed by atoms with Crippen LogP contribution in [0.4, 0.5) is 0 Å². The third-order valence-electron chi connectivity index (χ3n) is 4.14. The maximum Gasteiger partial charge on any atom is 0.332 e. The second-order valence-corrected chi connectivity index (χ2v) is 6.82. The predicted octanol–water partition coefficient (Wildman–Crippen LogP) is 0.930. The SMILES string of the molecule is CCCn1c(=O)c2sccc2n(CC(=O)NCC2CCCO2)c1=O. The molecule has 1 saturated heterocycles. The fraction of sp³-hybridized carbons (Fsp3) is 0.562. The topological polar surface area (TPSA) is 82.3 Å². The first kappa shape index (κ1) is 16.9. The summed E-state index contributed by atoms with van der Waals surface area (Å²) in [5, 5.41) is 4.58. The van der Waals surface area contributed by atoms with Crippen LogP contribution >= 0.6 is 11.3 Å². The average Bonchev–Trinajstić information content (AvgIpc) is 3.25. The van der Waals surface area contributed by atoms with E-state index in [1.807, 2.05) is 6.92 Å². The highest BCUT2D eigenvalue weighted by molar-refractivity contribution is 7.17. The van der Waals surface area contributed by atoms with Crippen LogP contribution in [0.5, 0.6) is 0 Å². The number of nitrogens with one attached hydrogen (secondary N) is 1. The second-order valence-electron chi connectivity index (χ2n) is 5.90. The zero-order chi connectivity index (χ0) is 17.1. The van der Waals surface area contributed by atoms with Crippen molar-refractivity contribution in [2.75, 3.05) is 13.2 Å². The first-order chi connectivity index (χ1) is 11.6. The Morgan fingerprint density at radius 2 is 2.25 bits per heavy atom. The van der Waals surface area contributed by atoms with Gasteiger partial charge in [-0.25, -0.2) is 4.79 Å². The van der Waals surface area contributed by atoms with Crippen molar-refractivity contribution in [3.63, 3.8) is 0 Å². The number of thiophene rings is 1. The summed E-state index contributed by atoms with van der Waals surface area (Å²) in [5.41, 5.74) is -0.183. The third-order valence-corrected chi connectivity index (χ3v) is 5.03. The molecule has 7 nitrogen and oxygen atoms in total. The summed E-state index contributed by atoms with van der Waals surface area (Å²) in [5.74, 6) is -0.248. The highest BCUT2D eigenvalue weighted by Crippen LogP contribution is 2.15. The van der Waals surface area contributed by atoms with E-state index in [2.05, 4.69) is 5.32 Å². The number of carbonyl (C=O) groups is 1. The summed E-state index contributed by atoms with van der Waals surface area (Å²) in [6.45, 7) is 3.35. The smallest absolute Gasteiger partial charge is 0.332 e. The van der Waals surface area contributed by atoms with Crippen LogP contribution in [0.1, 0.15) is 26.2 Å². The Morgan fingerprint density at radius 1 is 1.42 bits per heavy atom. The molecule has 1 aliphatic heterocycles. The minimum atomic E-state index is -0.431. The van der Waals surface area contributed by atoms with Gasteiger partial charge >= 0.3 is 5.69 Å². The van der Waals surface area contributed by atoms with E-state index in [0.29, 0.717) is 29.7 Å². The lowest BCUT2D eigenvalue weighted by Gasteiger charge is -2.13. The van der Waals surface area contributed by atoms with Gasteiger partial charge in [0.25, 0.3) is 5.56 Å². The molecule has 1 N–H and O–H groups in total. The molecule has 24 heavy (non-hydrogen) atoms. The number of carbonyl (C=O) groups excluding carboxylic acids is 1. The molecule has 0 aliphatic carbocycles. The van der Waals surface area contributed by atoms with Gasteiger partial charge in [0.15, 0.2) is 0 Å². The molecule has 0 spiro atoms. The highest BCUT2D eigenvalue weighted by atomic mass is 32.1. The van der Waals surface area contributed by atoms with Crippen molar-refractivity contribution >= 4 is 27.5 Å². The van der Waals surface area contributed by atoms with Crippen LogP contribution in [0.15, 0.2) is 21.0 Å². The van der Waals surface area contributed by atoms with Crippen LogP contribution in [0, 0.1) is 0 Å². The quantitative estimate of drug-likeness (QED) is 0.839. The number of ether oxygens (including phenoxy) is 1. The van der Waals surface area contributed by atoms with Crippen molar-refractivity contribution in [1.29, 1.82) is 0 Å². The van der Waals surface area contributed by atoms with E-state index in [9.17, 15) is 14.4 Å². The standard InChI is InChI=1S/C16H21N3O4S/c1-2-6-18-15(21)14-12(5-8-24-14)19(16(18)22)10-13(20)17-9-11-4-3-7-23-11/h5,8,11H,2-4,6-7,9-10H2,1H3,(H,17,20). The number of aromatic nitrogens is 2. The molecule has 1 aliphatic rings. The van der Waals surface area contributed by atoms with Gasteiger partial charge in [-0.05, 0) is 30.7 Å². The van der Waals surface area contributed by atoms with E-state index in [-0.39, 0.29) is 24.1 Å². The maximum atomic E-state index is 12.6. The van der Waals surface area contributed by atoms with Gasteiger partial charge < -0.3 is 10.1 Å². The summed E-state index contributed by atoms with van der Waals surface area (Å²) in [6.07, 6.45) is 2.69. The van der Waals surface area contributed by atoms with Crippen LogP contribution in [0.25, 0.3) is 10.2 Å². The van der Waals surface area contributed by atoms with E-state index in [0.717, 1.165) is 19.4 Å². The summed E-state index contributed by atoms with van der Waals surface area (Å²) < 4.78 is 8.58. The Morgan fingerprint density at radius 3 is 2.96 bits per heavy atom. The van der Waals surface area contributed by atoms with Gasteiger partial charge in [-0.15, -0.1) is 11.3 Å². The molecule has 2 aromatic rings. The van der Waals surface area contributed by atoms with Gasteiger partial charge in [0.1, 0.15) is 11.2 Å². The van der Waals surface area contributed by atoms with Gasteiger partial charge in [-0.1, -0.05) is 6.92 Å². The fourth-order valence-corrected chi connectivity index (χ4v) is 3.78. The monoisotopic (exact) mass is 351 g/mol. The van der Waals surface area contributed by atoms with E-state index < -0.39 is 5.69 Å². The van der Waals surface area contributed by atoms with Crippen molar-refractivity contribution in [2.45, 2.75) is 45.4 Å². The van der Waals surface area contributed by atoms with Crippen LogP contribution in [-0.2, 0) is 22.6 Å². The minimum absolute atomic E-state index is 0.0564. The molecule has 1 fully saturated rings. The first-order valence-electron chi connectivity index (χ1n) is 8.21. The number of nitrogens with zero attached hydrogens (tertiary/aromatic N) is 2. The molecule has 3 heterocycles. The first-order valence-corrected chi connectivity index (χ1v) is 9.09. The van der Waals surface area contributed by atoms with Crippen LogP contribution in [-0.4, -0.2) is 34.3 Å². The third kappa shape index (κ3) is 3.29. The predicted molar refractivity (Wildman–Crippen MR) is 92.6 cm³/mol. The molecule has 1 atom stereocenters. The fourth-order valence-electron chi connectivity index (χ4n) is 2.94. The Balaban J connectivity index is 1.85. The van der Waals surface area contributed by atoms with Crippen LogP contribution in [0.2, 0.25) is 0 Å². The molecule has 8 heteroatoms. The summed E-state index contributed by atoms with van der Waals surface area (Å²) >= 11 is 1.29. The van der Waals surface area contributed by atoms with Crippen molar-refractivity contribution in [2.24, 2.45) is 0 Å². The molecule has 0 bridgehead atoms. The summed E-state index contributed by atoms with van der Waals surface area (Å²) in [4.78, 5) is 37.2. The molecule has 0 radical (unpaired) electrons. The molecule has 0 aromatic carbocycles. The Bertz CT molecular complexity index is 845. The number of hydrogen-bond donors (Lipinski definition) is 1. The molecule has 3 rings (SSSR count). The molecule has 130 valence electrons. The lowest BCUT2D eigenvalue weighted by Crippen LogP contribution is -2.43. The van der Waals surface area contributed by atoms with Crippen LogP contribution in [0.3, 0.4) is 0 Å². The number of hydrogen-bond acceptors (Lipinski definition) is 5. The minimum Gasteiger partial charge on any atom is -0.376 e. The van der Waals surface area contributed by atoms with Crippen molar-refractivity contribution in [3.05, 3.63) is 32.3 Å². The van der Waals surface area contributed by atoms with E-state index >= 15 is 0 Å². The van der Waals surface area contributed by atoms with Gasteiger partial charge in [0.2, 0.25) is 5.91 Å². The van der Waals surface area contributed by atoms with E-state index in [1.54, 1.807) is 11.4 Å². The number of fused-ring (bicyclic) bond motifs is 1. The van der Waals surface area contributed by atoms with Gasteiger partial charge in [0.05, 0.1) is 11.6 Å². The number of rotatable bonds is 6. The largest absolute Gasteiger partial charge is 0.376 e. The lowest BCUT2D eigenvalue weighted by atomic mass is 10.2. The van der Waals surface area contributed by atoms with Crippen molar-refractivity contribution in [3.8, 4) is 0 Å². The van der Waals surface area contributed by atoms with Gasteiger partial charge in [0, 0.05) is 19.7 Å². The zero-order valence-corrected chi connectivity index (χ0v) is 14.4. The molecular formula is C16H21N3O4S. The second kappa shape index (κ2) is 7.31. The average molecular weight is 351 g/mol. The van der Waals surface area contributed by atoms with Gasteiger partial charge in [-0.3, -0.25) is 18.7 Å². The zero-order valence-electron chi connectivity index (χ0n) is 13.6. The highest BCUT2D eigenvalue weighted by Gasteiger charge is 2.18. The summed E-state index contributed by atoms with van der Waals surface area (Å²) in [6, 6.07) is 1.71. The van der Waals surface area contributed by atoms with Crippen molar-refractivity contribution < 1.29 is 9.53 Å².